The van der Waals surface area contributed by atoms with Crippen LogP contribution in [-0.4, -0.2) is 38.1 Å². The molecule has 0 fully saturated rings. The summed E-state index contributed by atoms with van der Waals surface area (Å²) in [6.07, 6.45) is -0.264. The SMILES string of the molecule is COc1cccc(C)c1OC.COc1ccccc1C1CN(O)Cc2ccccc2O1. The molecule has 3 aromatic carbocycles. The van der Waals surface area contributed by atoms with Crippen molar-refractivity contribution in [3.8, 4) is 23.0 Å². The van der Waals surface area contributed by atoms with E-state index < -0.39 is 0 Å². The average Bonchev–Trinajstić information content (AvgIpc) is 2.97. The number of nitrogens with zero attached hydrogens (tertiary/aromatic N) is 1. The van der Waals surface area contributed by atoms with Crippen molar-refractivity contribution < 1.29 is 24.2 Å². The van der Waals surface area contributed by atoms with Crippen molar-refractivity contribution in [2.45, 2.75) is 19.6 Å². The van der Waals surface area contributed by atoms with Crippen LogP contribution in [0.5, 0.6) is 23.0 Å². The first-order chi connectivity index (χ1) is 15.1. The molecule has 164 valence electrons. The first-order valence-corrected chi connectivity index (χ1v) is 10.1. The highest BCUT2D eigenvalue weighted by molar-refractivity contribution is 5.45. The summed E-state index contributed by atoms with van der Waals surface area (Å²) >= 11 is 0. The summed E-state index contributed by atoms with van der Waals surface area (Å²) in [5.74, 6) is 3.17. The van der Waals surface area contributed by atoms with Gasteiger partial charge in [-0.1, -0.05) is 48.5 Å². The highest BCUT2D eigenvalue weighted by atomic mass is 16.5. The maximum atomic E-state index is 10.0. The van der Waals surface area contributed by atoms with Crippen LogP contribution in [0.15, 0.2) is 66.7 Å². The lowest BCUT2D eigenvalue weighted by molar-refractivity contribution is -0.112. The van der Waals surface area contributed by atoms with E-state index in [4.69, 9.17) is 18.9 Å². The average molecular weight is 424 g/mol. The Hall–Kier alpha value is -3.22. The van der Waals surface area contributed by atoms with Gasteiger partial charge in [0, 0.05) is 11.1 Å². The molecule has 0 aliphatic carbocycles. The molecule has 1 aliphatic heterocycles. The molecule has 31 heavy (non-hydrogen) atoms. The monoisotopic (exact) mass is 423 g/mol. The van der Waals surface area contributed by atoms with Crippen LogP contribution in [-0.2, 0) is 6.54 Å². The fourth-order valence-corrected chi connectivity index (χ4v) is 3.53. The normalized spacial score (nSPS) is 15.5. The minimum absolute atomic E-state index is 0.264. The number of ether oxygens (including phenoxy) is 4. The Morgan fingerprint density at radius 3 is 2.23 bits per heavy atom. The molecule has 0 radical (unpaired) electrons. The van der Waals surface area contributed by atoms with Crippen LogP contribution >= 0.6 is 0 Å². The van der Waals surface area contributed by atoms with Crippen molar-refractivity contribution in [2.75, 3.05) is 27.9 Å². The number of hydroxylamine groups is 2. The van der Waals surface area contributed by atoms with E-state index in [1.807, 2.05) is 73.7 Å². The van der Waals surface area contributed by atoms with Crippen molar-refractivity contribution in [3.63, 3.8) is 0 Å². The summed E-state index contributed by atoms with van der Waals surface area (Å²) < 4.78 is 21.7. The number of methoxy groups -OCH3 is 3. The van der Waals surface area contributed by atoms with Crippen molar-refractivity contribution in [2.24, 2.45) is 0 Å². The zero-order valence-electron chi connectivity index (χ0n) is 18.4. The molecule has 1 atom stereocenters. The van der Waals surface area contributed by atoms with E-state index in [0.29, 0.717) is 13.1 Å². The van der Waals surface area contributed by atoms with Gasteiger partial charge in [0.2, 0.25) is 0 Å². The molecule has 0 bridgehead atoms. The fourth-order valence-electron chi connectivity index (χ4n) is 3.53. The number of hydrogen-bond acceptors (Lipinski definition) is 6. The molecule has 0 saturated heterocycles. The van der Waals surface area contributed by atoms with Crippen LogP contribution in [0.4, 0.5) is 0 Å². The zero-order chi connectivity index (χ0) is 22.2. The molecule has 1 heterocycles. The zero-order valence-corrected chi connectivity index (χ0v) is 18.4. The lowest BCUT2D eigenvalue weighted by atomic mass is 10.1. The number of rotatable bonds is 4. The molecule has 0 spiro atoms. The Bertz CT molecular complexity index is 991. The van der Waals surface area contributed by atoms with Gasteiger partial charge in [-0.15, -0.1) is 0 Å². The van der Waals surface area contributed by atoms with Gasteiger partial charge in [-0.25, -0.2) is 0 Å². The number of aryl methyl sites for hydroxylation is 1. The Morgan fingerprint density at radius 1 is 0.839 bits per heavy atom. The van der Waals surface area contributed by atoms with E-state index in [1.54, 1.807) is 21.3 Å². The molecular formula is C25H29NO5. The molecule has 1 unspecified atom stereocenters. The smallest absolute Gasteiger partial charge is 0.163 e. The molecule has 0 amide bonds. The first-order valence-electron chi connectivity index (χ1n) is 10.1. The topological polar surface area (TPSA) is 60.4 Å². The summed E-state index contributed by atoms with van der Waals surface area (Å²) in [6.45, 7) is 2.85. The largest absolute Gasteiger partial charge is 0.496 e. The van der Waals surface area contributed by atoms with E-state index in [0.717, 1.165) is 39.7 Å². The molecule has 1 aliphatic rings. The van der Waals surface area contributed by atoms with E-state index in [-0.39, 0.29) is 6.10 Å². The van der Waals surface area contributed by atoms with Crippen LogP contribution in [0, 0.1) is 6.92 Å². The van der Waals surface area contributed by atoms with Crippen molar-refractivity contribution in [1.82, 2.24) is 5.06 Å². The second-order valence-corrected chi connectivity index (χ2v) is 7.11. The van der Waals surface area contributed by atoms with Gasteiger partial charge < -0.3 is 24.2 Å². The van der Waals surface area contributed by atoms with Gasteiger partial charge in [-0.2, -0.15) is 5.06 Å². The quantitative estimate of drug-likeness (QED) is 0.635. The van der Waals surface area contributed by atoms with Gasteiger partial charge in [-0.3, -0.25) is 0 Å². The van der Waals surface area contributed by atoms with Crippen LogP contribution in [0.2, 0.25) is 0 Å². The molecule has 6 heteroatoms. The van der Waals surface area contributed by atoms with Crippen LogP contribution in [0.3, 0.4) is 0 Å². The van der Waals surface area contributed by atoms with Gasteiger partial charge >= 0.3 is 0 Å². The number of benzene rings is 3. The fraction of sp³-hybridized carbons (Fsp3) is 0.280. The molecular weight excluding hydrogens is 394 g/mol. The van der Waals surface area contributed by atoms with Gasteiger partial charge in [0.05, 0.1) is 34.4 Å². The second kappa shape index (κ2) is 10.7. The predicted molar refractivity (Wildman–Crippen MR) is 119 cm³/mol. The Balaban J connectivity index is 0.000000210. The minimum Gasteiger partial charge on any atom is -0.496 e. The van der Waals surface area contributed by atoms with Crippen molar-refractivity contribution >= 4 is 0 Å². The summed E-state index contributed by atoms with van der Waals surface area (Å²) in [5, 5.41) is 11.3. The molecule has 3 aromatic rings. The third-order valence-electron chi connectivity index (χ3n) is 5.06. The van der Waals surface area contributed by atoms with Crippen molar-refractivity contribution in [3.05, 3.63) is 83.4 Å². The van der Waals surface area contributed by atoms with Crippen LogP contribution in [0.25, 0.3) is 0 Å². The Labute approximate surface area is 183 Å². The number of fused-ring (bicyclic) bond motifs is 1. The standard InChI is InChI=1S/C16H17NO3.C9H12O2/c1-19-15-9-5-3-7-13(15)16-11-17(18)10-12-6-2-4-8-14(12)20-16;1-7-5-4-6-8(10-2)9(7)11-3/h2-9,16,18H,10-11H2,1H3;4-6H,1-3H3. The summed E-state index contributed by atoms with van der Waals surface area (Å²) in [4.78, 5) is 0. The molecule has 1 N–H and O–H groups in total. The van der Waals surface area contributed by atoms with E-state index in [2.05, 4.69) is 0 Å². The molecule has 6 nitrogen and oxygen atoms in total. The van der Waals surface area contributed by atoms with E-state index in [9.17, 15) is 5.21 Å². The van der Waals surface area contributed by atoms with Crippen LogP contribution < -0.4 is 18.9 Å². The van der Waals surface area contributed by atoms with Gasteiger partial charge in [0.15, 0.2) is 11.5 Å². The number of hydrogen-bond donors (Lipinski definition) is 1. The highest BCUT2D eigenvalue weighted by Gasteiger charge is 2.25. The predicted octanol–water partition coefficient (Wildman–Crippen LogP) is 5.03. The van der Waals surface area contributed by atoms with E-state index in [1.165, 1.54) is 5.06 Å². The lowest BCUT2D eigenvalue weighted by Crippen LogP contribution is -2.25. The Kier molecular flexibility index (Phi) is 7.76. The van der Waals surface area contributed by atoms with Gasteiger partial charge in [0.1, 0.15) is 17.6 Å². The second-order valence-electron chi connectivity index (χ2n) is 7.11. The minimum atomic E-state index is -0.264. The third kappa shape index (κ3) is 5.48. The maximum absolute atomic E-state index is 10.0. The summed E-state index contributed by atoms with van der Waals surface area (Å²) in [5.41, 5.74) is 3.00. The van der Waals surface area contributed by atoms with Crippen molar-refractivity contribution in [1.29, 1.82) is 0 Å². The van der Waals surface area contributed by atoms with Gasteiger partial charge in [0.25, 0.3) is 0 Å². The highest BCUT2D eigenvalue weighted by Crippen LogP contribution is 2.34. The first kappa shape index (κ1) is 22.5. The lowest BCUT2D eigenvalue weighted by Gasteiger charge is -2.21. The van der Waals surface area contributed by atoms with Gasteiger partial charge in [-0.05, 0) is 30.7 Å². The summed E-state index contributed by atoms with van der Waals surface area (Å²) in [6, 6.07) is 21.3. The molecule has 0 saturated carbocycles. The molecule has 0 aromatic heterocycles. The molecule has 4 rings (SSSR count). The van der Waals surface area contributed by atoms with Crippen LogP contribution in [0.1, 0.15) is 22.8 Å². The Morgan fingerprint density at radius 2 is 1.52 bits per heavy atom. The summed E-state index contributed by atoms with van der Waals surface area (Å²) in [7, 11) is 4.92. The maximum Gasteiger partial charge on any atom is 0.163 e. The number of para-hydroxylation sites is 3. The third-order valence-corrected chi connectivity index (χ3v) is 5.06. The van der Waals surface area contributed by atoms with E-state index >= 15 is 0 Å².